The standard InChI is InChI=1S/C13H21N3O/c1-2-16-10-11(9-15-16)12(17)8-13(14)6-4-3-5-7-13/h9-10H,2-8,14H2,1H3. The highest BCUT2D eigenvalue weighted by molar-refractivity contribution is 5.96. The molecule has 1 aliphatic rings. The fraction of sp³-hybridized carbons (Fsp3) is 0.692. The van der Waals surface area contributed by atoms with Crippen LogP contribution in [-0.4, -0.2) is 21.1 Å². The van der Waals surface area contributed by atoms with Crippen LogP contribution in [0.4, 0.5) is 0 Å². The molecular formula is C13H21N3O. The van der Waals surface area contributed by atoms with Crippen LogP contribution in [0.5, 0.6) is 0 Å². The monoisotopic (exact) mass is 235 g/mol. The molecule has 2 N–H and O–H groups in total. The molecule has 4 heteroatoms. The fourth-order valence-electron chi connectivity index (χ4n) is 2.54. The van der Waals surface area contributed by atoms with Crippen molar-refractivity contribution < 1.29 is 4.79 Å². The summed E-state index contributed by atoms with van der Waals surface area (Å²) in [5.74, 6) is 0.133. The molecule has 0 spiro atoms. The Kier molecular flexibility index (Phi) is 3.62. The maximum Gasteiger partial charge on any atom is 0.167 e. The van der Waals surface area contributed by atoms with E-state index in [1.807, 2.05) is 13.1 Å². The number of hydrogen-bond acceptors (Lipinski definition) is 3. The molecule has 0 amide bonds. The van der Waals surface area contributed by atoms with Crippen molar-refractivity contribution in [1.82, 2.24) is 9.78 Å². The molecule has 0 bridgehead atoms. The fourth-order valence-corrected chi connectivity index (χ4v) is 2.54. The lowest BCUT2D eigenvalue weighted by Gasteiger charge is -2.32. The highest BCUT2D eigenvalue weighted by Crippen LogP contribution is 2.29. The second kappa shape index (κ2) is 5.00. The molecule has 0 atom stereocenters. The van der Waals surface area contributed by atoms with E-state index >= 15 is 0 Å². The van der Waals surface area contributed by atoms with Gasteiger partial charge in [-0.1, -0.05) is 19.3 Å². The Balaban J connectivity index is 2.00. The number of rotatable bonds is 4. The summed E-state index contributed by atoms with van der Waals surface area (Å²) in [4.78, 5) is 12.1. The largest absolute Gasteiger partial charge is 0.325 e. The number of nitrogens with two attached hydrogens (primary N) is 1. The Morgan fingerprint density at radius 3 is 2.76 bits per heavy atom. The molecule has 1 heterocycles. The molecule has 1 saturated carbocycles. The molecule has 1 fully saturated rings. The topological polar surface area (TPSA) is 60.9 Å². The first-order valence-corrected chi connectivity index (χ1v) is 6.47. The summed E-state index contributed by atoms with van der Waals surface area (Å²) in [7, 11) is 0. The lowest BCUT2D eigenvalue weighted by Crippen LogP contribution is -2.43. The van der Waals surface area contributed by atoms with Gasteiger partial charge in [0.15, 0.2) is 5.78 Å². The number of hydrogen-bond donors (Lipinski definition) is 1. The van der Waals surface area contributed by atoms with Crippen molar-refractivity contribution >= 4 is 5.78 Å². The van der Waals surface area contributed by atoms with Gasteiger partial charge in [0.1, 0.15) is 0 Å². The molecule has 0 saturated heterocycles. The third-order valence-electron chi connectivity index (χ3n) is 3.64. The first-order chi connectivity index (χ1) is 8.13. The number of aryl methyl sites for hydroxylation is 1. The number of carbonyl (C=O) groups excluding carboxylic acids is 1. The average Bonchev–Trinajstić information content (AvgIpc) is 2.78. The zero-order valence-electron chi connectivity index (χ0n) is 10.5. The van der Waals surface area contributed by atoms with Crippen LogP contribution in [-0.2, 0) is 6.54 Å². The van der Waals surface area contributed by atoms with Gasteiger partial charge in [0, 0.05) is 24.7 Å². The number of ketones is 1. The summed E-state index contributed by atoms with van der Waals surface area (Å²) in [5.41, 5.74) is 6.71. The Bertz CT molecular complexity index is 391. The van der Waals surface area contributed by atoms with E-state index in [0.717, 1.165) is 32.2 Å². The molecule has 94 valence electrons. The minimum Gasteiger partial charge on any atom is -0.325 e. The number of aromatic nitrogens is 2. The second-order valence-corrected chi connectivity index (χ2v) is 5.11. The normalized spacial score (nSPS) is 19.2. The Morgan fingerprint density at radius 2 is 2.18 bits per heavy atom. The van der Waals surface area contributed by atoms with E-state index < -0.39 is 0 Å². The molecule has 1 aliphatic carbocycles. The van der Waals surface area contributed by atoms with Gasteiger partial charge in [-0.05, 0) is 19.8 Å². The van der Waals surface area contributed by atoms with Crippen LogP contribution >= 0.6 is 0 Å². The highest BCUT2D eigenvalue weighted by atomic mass is 16.1. The maximum atomic E-state index is 12.1. The van der Waals surface area contributed by atoms with E-state index in [2.05, 4.69) is 5.10 Å². The van der Waals surface area contributed by atoms with Gasteiger partial charge in [-0.25, -0.2) is 0 Å². The third-order valence-corrected chi connectivity index (χ3v) is 3.64. The summed E-state index contributed by atoms with van der Waals surface area (Å²) in [6.07, 6.45) is 9.42. The molecule has 1 aromatic rings. The number of carbonyl (C=O) groups is 1. The Hall–Kier alpha value is -1.16. The van der Waals surface area contributed by atoms with Crippen LogP contribution in [0.2, 0.25) is 0 Å². The first kappa shape index (κ1) is 12.3. The van der Waals surface area contributed by atoms with Gasteiger partial charge in [-0.15, -0.1) is 0 Å². The van der Waals surface area contributed by atoms with Crippen LogP contribution in [0, 0.1) is 0 Å². The van der Waals surface area contributed by atoms with E-state index in [9.17, 15) is 4.79 Å². The van der Waals surface area contributed by atoms with Gasteiger partial charge < -0.3 is 5.73 Å². The van der Waals surface area contributed by atoms with Gasteiger partial charge in [0.25, 0.3) is 0 Å². The summed E-state index contributed by atoms with van der Waals surface area (Å²) in [5, 5.41) is 4.13. The quantitative estimate of drug-likeness (QED) is 0.813. The zero-order valence-corrected chi connectivity index (χ0v) is 10.5. The summed E-state index contributed by atoms with van der Waals surface area (Å²) in [6, 6.07) is 0. The van der Waals surface area contributed by atoms with E-state index in [4.69, 9.17) is 5.73 Å². The van der Waals surface area contributed by atoms with Crippen molar-refractivity contribution in [2.24, 2.45) is 5.73 Å². The Morgan fingerprint density at radius 1 is 1.47 bits per heavy atom. The van der Waals surface area contributed by atoms with E-state index in [1.54, 1.807) is 10.9 Å². The van der Waals surface area contributed by atoms with Crippen LogP contribution in [0.3, 0.4) is 0 Å². The molecule has 4 nitrogen and oxygen atoms in total. The second-order valence-electron chi connectivity index (χ2n) is 5.11. The van der Waals surface area contributed by atoms with Gasteiger partial charge in [-0.2, -0.15) is 5.10 Å². The molecule has 0 radical (unpaired) electrons. The van der Waals surface area contributed by atoms with Crippen molar-refractivity contribution in [3.05, 3.63) is 18.0 Å². The summed E-state index contributed by atoms with van der Waals surface area (Å²) < 4.78 is 1.78. The van der Waals surface area contributed by atoms with Crippen molar-refractivity contribution in [1.29, 1.82) is 0 Å². The van der Waals surface area contributed by atoms with Crippen LogP contribution in [0.15, 0.2) is 12.4 Å². The summed E-state index contributed by atoms with van der Waals surface area (Å²) in [6.45, 7) is 2.80. The van der Waals surface area contributed by atoms with Gasteiger partial charge >= 0.3 is 0 Å². The maximum absolute atomic E-state index is 12.1. The smallest absolute Gasteiger partial charge is 0.167 e. The predicted molar refractivity (Wildman–Crippen MR) is 66.9 cm³/mol. The van der Waals surface area contributed by atoms with Crippen LogP contribution < -0.4 is 5.73 Å². The minimum absolute atomic E-state index is 0.133. The molecule has 0 aliphatic heterocycles. The average molecular weight is 235 g/mol. The first-order valence-electron chi connectivity index (χ1n) is 6.47. The van der Waals surface area contributed by atoms with Crippen molar-refractivity contribution in [2.45, 2.75) is 57.5 Å². The lowest BCUT2D eigenvalue weighted by atomic mass is 9.78. The zero-order chi connectivity index (χ0) is 12.3. The molecule has 0 aromatic carbocycles. The van der Waals surface area contributed by atoms with Crippen molar-refractivity contribution in [3.63, 3.8) is 0 Å². The number of nitrogens with zero attached hydrogens (tertiary/aromatic N) is 2. The third kappa shape index (κ3) is 2.94. The number of Topliss-reactive ketones (excluding diaryl/α,β-unsaturated/α-hetero) is 1. The molecule has 17 heavy (non-hydrogen) atoms. The molecule has 0 unspecified atom stereocenters. The predicted octanol–water partition coefficient (Wildman–Crippen LogP) is 2.14. The van der Waals surface area contributed by atoms with Gasteiger partial charge in [-0.3, -0.25) is 9.48 Å². The van der Waals surface area contributed by atoms with Crippen LogP contribution in [0.1, 0.15) is 55.8 Å². The minimum atomic E-state index is -0.274. The van der Waals surface area contributed by atoms with E-state index in [1.165, 1.54) is 6.42 Å². The van der Waals surface area contributed by atoms with Gasteiger partial charge in [0.05, 0.1) is 11.8 Å². The van der Waals surface area contributed by atoms with Gasteiger partial charge in [0.2, 0.25) is 0 Å². The lowest BCUT2D eigenvalue weighted by molar-refractivity contribution is 0.0934. The molecule has 1 aromatic heterocycles. The molecule has 2 rings (SSSR count). The molecular weight excluding hydrogens is 214 g/mol. The van der Waals surface area contributed by atoms with E-state index in [-0.39, 0.29) is 11.3 Å². The van der Waals surface area contributed by atoms with Crippen molar-refractivity contribution in [3.8, 4) is 0 Å². The SMILES string of the molecule is CCn1cc(C(=O)CC2(N)CCCCC2)cn1. The van der Waals surface area contributed by atoms with E-state index in [0.29, 0.717) is 12.0 Å². The van der Waals surface area contributed by atoms with Crippen molar-refractivity contribution in [2.75, 3.05) is 0 Å². The van der Waals surface area contributed by atoms with Crippen LogP contribution in [0.25, 0.3) is 0 Å². The summed E-state index contributed by atoms with van der Waals surface area (Å²) >= 11 is 0. The Labute approximate surface area is 102 Å². The highest BCUT2D eigenvalue weighted by Gasteiger charge is 2.30.